The summed E-state index contributed by atoms with van der Waals surface area (Å²) in [7, 11) is 0. The smallest absolute Gasteiger partial charge is 0.0707 e. The van der Waals surface area contributed by atoms with Crippen LogP contribution >= 0.6 is 0 Å². The molecule has 1 saturated heterocycles. The molecular weight excluding hydrogens is 224 g/mol. The Hall–Kier alpha value is -0.120. The van der Waals surface area contributed by atoms with Crippen LogP contribution in [0.1, 0.15) is 46.0 Å². The molecule has 0 radical (unpaired) electrons. The summed E-state index contributed by atoms with van der Waals surface area (Å²) in [5, 5.41) is 3.39. The van der Waals surface area contributed by atoms with E-state index in [1.165, 1.54) is 45.2 Å². The number of hydrogen-bond acceptors (Lipinski definition) is 3. The summed E-state index contributed by atoms with van der Waals surface area (Å²) in [6, 6.07) is 0. The molecule has 1 N–H and O–H groups in total. The third-order valence-corrected chi connectivity index (χ3v) is 4.47. The molecule has 1 heterocycles. The molecule has 2 aliphatic rings. The molecule has 0 spiro atoms. The van der Waals surface area contributed by atoms with Gasteiger partial charge in [-0.1, -0.05) is 20.3 Å². The maximum atomic E-state index is 6.12. The minimum Gasteiger partial charge on any atom is -0.372 e. The Labute approximate surface area is 112 Å². The molecule has 2 rings (SSSR count). The summed E-state index contributed by atoms with van der Waals surface area (Å²) in [6.07, 6.45) is 7.77. The molecule has 2 fully saturated rings. The number of nitrogens with one attached hydrogen (secondary N) is 1. The highest BCUT2D eigenvalue weighted by atomic mass is 16.5. The normalized spacial score (nSPS) is 28.8. The minimum absolute atomic E-state index is 0.456. The van der Waals surface area contributed by atoms with Crippen molar-refractivity contribution in [1.29, 1.82) is 0 Å². The number of rotatable bonds is 8. The first-order valence-electron chi connectivity index (χ1n) is 7.90. The zero-order valence-corrected chi connectivity index (χ0v) is 12.2. The standard InChI is InChI=1S/C15H30N2O/c1-3-16-10-14-8-9-15(18-14)12-17(4-2)11-13-6-5-7-13/h13-16H,3-12H2,1-2H3. The van der Waals surface area contributed by atoms with E-state index >= 15 is 0 Å². The van der Waals surface area contributed by atoms with Crippen LogP contribution in [0, 0.1) is 5.92 Å². The fourth-order valence-corrected chi connectivity index (χ4v) is 3.03. The topological polar surface area (TPSA) is 24.5 Å². The summed E-state index contributed by atoms with van der Waals surface area (Å²) >= 11 is 0. The maximum Gasteiger partial charge on any atom is 0.0707 e. The van der Waals surface area contributed by atoms with E-state index in [0.29, 0.717) is 12.2 Å². The Kier molecular flexibility index (Phi) is 5.93. The van der Waals surface area contributed by atoms with Gasteiger partial charge in [0.15, 0.2) is 0 Å². The van der Waals surface area contributed by atoms with E-state index < -0.39 is 0 Å². The van der Waals surface area contributed by atoms with Gasteiger partial charge in [-0.05, 0) is 44.7 Å². The van der Waals surface area contributed by atoms with Crippen LogP contribution < -0.4 is 5.32 Å². The minimum atomic E-state index is 0.456. The molecule has 1 aliphatic heterocycles. The monoisotopic (exact) mass is 254 g/mol. The first kappa shape index (κ1) is 14.3. The van der Waals surface area contributed by atoms with Crippen LogP contribution in [-0.4, -0.2) is 49.8 Å². The maximum absolute atomic E-state index is 6.12. The number of likely N-dealkylation sites (N-methyl/N-ethyl adjacent to an activating group) is 2. The zero-order valence-electron chi connectivity index (χ0n) is 12.2. The van der Waals surface area contributed by atoms with Gasteiger partial charge in [0.1, 0.15) is 0 Å². The Morgan fingerprint density at radius 1 is 1.06 bits per heavy atom. The molecule has 0 bridgehead atoms. The molecule has 106 valence electrons. The van der Waals surface area contributed by atoms with E-state index in [1.54, 1.807) is 0 Å². The summed E-state index contributed by atoms with van der Waals surface area (Å²) in [6.45, 7) is 10.1. The van der Waals surface area contributed by atoms with Crippen LogP contribution in [0.15, 0.2) is 0 Å². The molecule has 3 nitrogen and oxygen atoms in total. The summed E-state index contributed by atoms with van der Waals surface area (Å²) in [5.74, 6) is 0.976. The van der Waals surface area contributed by atoms with Crippen LogP contribution in [0.2, 0.25) is 0 Å². The van der Waals surface area contributed by atoms with Crippen molar-refractivity contribution in [1.82, 2.24) is 10.2 Å². The van der Waals surface area contributed by atoms with Crippen LogP contribution in [0.5, 0.6) is 0 Å². The quantitative estimate of drug-likeness (QED) is 0.719. The van der Waals surface area contributed by atoms with E-state index in [0.717, 1.165) is 25.6 Å². The Morgan fingerprint density at radius 2 is 1.83 bits per heavy atom. The van der Waals surface area contributed by atoms with Crippen molar-refractivity contribution < 1.29 is 4.74 Å². The highest BCUT2D eigenvalue weighted by Crippen LogP contribution is 2.28. The summed E-state index contributed by atoms with van der Waals surface area (Å²) in [4.78, 5) is 2.60. The SMILES string of the molecule is CCNCC1CCC(CN(CC)CC2CCC2)O1. The lowest BCUT2D eigenvalue weighted by molar-refractivity contribution is 0.0190. The number of hydrogen-bond donors (Lipinski definition) is 1. The average molecular weight is 254 g/mol. The average Bonchev–Trinajstić information content (AvgIpc) is 2.77. The first-order chi connectivity index (χ1) is 8.81. The van der Waals surface area contributed by atoms with Gasteiger partial charge in [-0.2, -0.15) is 0 Å². The third kappa shape index (κ3) is 4.22. The lowest BCUT2D eigenvalue weighted by Gasteiger charge is -2.33. The van der Waals surface area contributed by atoms with Gasteiger partial charge in [-0.3, -0.25) is 0 Å². The van der Waals surface area contributed by atoms with E-state index in [-0.39, 0.29) is 0 Å². The van der Waals surface area contributed by atoms with Crippen molar-refractivity contribution in [2.45, 2.75) is 58.2 Å². The lowest BCUT2D eigenvalue weighted by Crippen LogP contribution is -2.38. The summed E-state index contributed by atoms with van der Waals surface area (Å²) in [5.41, 5.74) is 0. The van der Waals surface area contributed by atoms with Crippen molar-refractivity contribution >= 4 is 0 Å². The molecular formula is C15H30N2O. The molecule has 1 saturated carbocycles. The van der Waals surface area contributed by atoms with E-state index in [1.807, 2.05) is 0 Å². The van der Waals surface area contributed by atoms with Gasteiger partial charge >= 0.3 is 0 Å². The lowest BCUT2D eigenvalue weighted by atomic mass is 9.85. The highest BCUT2D eigenvalue weighted by Gasteiger charge is 2.27. The Bertz CT molecular complexity index is 231. The molecule has 0 aromatic rings. The Morgan fingerprint density at radius 3 is 2.44 bits per heavy atom. The second-order valence-electron chi connectivity index (χ2n) is 5.91. The fraction of sp³-hybridized carbons (Fsp3) is 1.00. The molecule has 1 aliphatic carbocycles. The summed E-state index contributed by atoms with van der Waals surface area (Å²) < 4.78 is 6.12. The molecule has 0 aromatic carbocycles. The van der Waals surface area contributed by atoms with Gasteiger partial charge in [0.05, 0.1) is 12.2 Å². The van der Waals surface area contributed by atoms with Crippen molar-refractivity contribution in [2.24, 2.45) is 5.92 Å². The first-order valence-corrected chi connectivity index (χ1v) is 7.90. The molecule has 0 aromatic heterocycles. The fourth-order valence-electron chi connectivity index (χ4n) is 3.03. The van der Waals surface area contributed by atoms with Gasteiger partial charge in [-0.15, -0.1) is 0 Å². The second-order valence-corrected chi connectivity index (χ2v) is 5.91. The molecule has 18 heavy (non-hydrogen) atoms. The van der Waals surface area contributed by atoms with Gasteiger partial charge in [0.25, 0.3) is 0 Å². The van der Waals surface area contributed by atoms with Crippen molar-refractivity contribution in [2.75, 3.05) is 32.7 Å². The van der Waals surface area contributed by atoms with Crippen molar-refractivity contribution in [3.05, 3.63) is 0 Å². The molecule has 3 heteroatoms. The number of nitrogens with zero attached hydrogens (tertiary/aromatic N) is 1. The van der Waals surface area contributed by atoms with Crippen LogP contribution in [-0.2, 0) is 4.74 Å². The van der Waals surface area contributed by atoms with E-state index in [2.05, 4.69) is 24.1 Å². The van der Waals surface area contributed by atoms with Crippen LogP contribution in [0.25, 0.3) is 0 Å². The van der Waals surface area contributed by atoms with Gasteiger partial charge in [-0.25, -0.2) is 0 Å². The largest absolute Gasteiger partial charge is 0.372 e. The van der Waals surface area contributed by atoms with E-state index in [9.17, 15) is 0 Å². The predicted octanol–water partition coefficient (Wildman–Crippen LogP) is 2.27. The van der Waals surface area contributed by atoms with Crippen LogP contribution in [0.4, 0.5) is 0 Å². The number of ether oxygens (including phenoxy) is 1. The van der Waals surface area contributed by atoms with Crippen molar-refractivity contribution in [3.8, 4) is 0 Å². The van der Waals surface area contributed by atoms with Crippen molar-refractivity contribution in [3.63, 3.8) is 0 Å². The Balaban J connectivity index is 1.65. The molecule has 0 amide bonds. The second kappa shape index (κ2) is 7.46. The van der Waals surface area contributed by atoms with Gasteiger partial charge < -0.3 is 15.0 Å². The van der Waals surface area contributed by atoms with Crippen LogP contribution in [0.3, 0.4) is 0 Å². The highest BCUT2D eigenvalue weighted by molar-refractivity contribution is 4.80. The molecule has 2 unspecified atom stereocenters. The predicted molar refractivity (Wildman–Crippen MR) is 75.9 cm³/mol. The van der Waals surface area contributed by atoms with E-state index in [4.69, 9.17) is 4.74 Å². The third-order valence-electron chi connectivity index (χ3n) is 4.47. The van der Waals surface area contributed by atoms with Gasteiger partial charge in [0.2, 0.25) is 0 Å². The molecule has 2 atom stereocenters. The van der Waals surface area contributed by atoms with Gasteiger partial charge in [0, 0.05) is 19.6 Å². The zero-order chi connectivity index (χ0) is 12.8.